The smallest absolute Gasteiger partial charge is 0.239 e. The molecule has 36 heavy (non-hydrogen) atoms. The SMILES string of the molecule is C.C.Cc1c(C)[n+](C)c(C)n1C.Cc1c[n+](C)cn1C.Cc1cc[c-]cc1.Cc1n(C)cc[n+]1C.[Y]. The van der Waals surface area contributed by atoms with Gasteiger partial charge in [-0.2, -0.15) is 35.9 Å². The van der Waals surface area contributed by atoms with Crippen LogP contribution in [0, 0.1) is 47.6 Å². The topological polar surface area (TPSA) is 26.4 Å². The molecule has 4 rings (SSSR count). The summed E-state index contributed by atoms with van der Waals surface area (Å²) < 4.78 is 12.7. The van der Waals surface area contributed by atoms with Gasteiger partial charge in [0.25, 0.3) is 11.6 Å². The first-order valence-electron chi connectivity index (χ1n) is 11.2. The first kappa shape index (κ1) is 38.5. The predicted octanol–water partition coefficient (Wildman–Crippen LogP) is 4.16. The number of imidazole rings is 3. The van der Waals surface area contributed by atoms with E-state index in [-0.39, 0.29) is 47.6 Å². The number of aryl methyl sites for hydroxylation is 6. The molecule has 0 aliphatic carbocycles. The first-order valence-corrected chi connectivity index (χ1v) is 11.2. The first-order chi connectivity index (χ1) is 15.4. The van der Waals surface area contributed by atoms with E-state index in [9.17, 15) is 0 Å². The molecule has 0 amide bonds. The predicted molar refractivity (Wildman–Crippen MR) is 147 cm³/mol. The normalized spacial score (nSPS) is 9.00. The third-order valence-electron chi connectivity index (χ3n) is 6.22. The van der Waals surface area contributed by atoms with Crippen molar-refractivity contribution in [3.8, 4) is 0 Å². The quantitative estimate of drug-likeness (QED) is 0.223. The maximum Gasteiger partial charge on any atom is 0.253 e. The van der Waals surface area contributed by atoms with Gasteiger partial charge in [-0.05, 0) is 0 Å². The summed E-state index contributed by atoms with van der Waals surface area (Å²) in [6, 6.07) is 10.8. The van der Waals surface area contributed by atoms with E-state index in [1.165, 1.54) is 34.3 Å². The summed E-state index contributed by atoms with van der Waals surface area (Å²) in [6.07, 6.45) is 8.19. The van der Waals surface area contributed by atoms with Crippen molar-refractivity contribution in [3.05, 3.63) is 89.5 Å². The van der Waals surface area contributed by atoms with Gasteiger partial charge >= 0.3 is 0 Å². The van der Waals surface area contributed by atoms with E-state index in [2.05, 4.69) is 90.7 Å². The Morgan fingerprint density at radius 2 is 1.31 bits per heavy atom. The summed E-state index contributed by atoms with van der Waals surface area (Å²) in [7, 11) is 12.3. The second-order valence-corrected chi connectivity index (χ2v) is 8.64. The Labute approximate surface area is 247 Å². The molecule has 199 valence electrons. The van der Waals surface area contributed by atoms with Crippen LogP contribution in [-0.2, 0) is 75.0 Å². The maximum atomic E-state index is 2.93. The average molecular weight is 574 g/mol. The zero-order chi connectivity index (χ0) is 25.3. The summed E-state index contributed by atoms with van der Waals surface area (Å²) >= 11 is 0. The largest absolute Gasteiger partial charge is 0.253 e. The maximum absolute atomic E-state index is 2.93. The Kier molecular flexibility index (Phi) is 19.5. The molecule has 0 saturated carbocycles. The van der Waals surface area contributed by atoms with Crippen molar-refractivity contribution in [2.75, 3.05) is 0 Å². The van der Waals surface area contributed by atoms with Gasteiger partial charge in [0.2, 0.25) is 6.33 Å². The van der Waals surface area contributed by atoms with E-state index in [0.717, 1.165) is 0 Å². The van der Waals surface area contributed by atoms with Crippen LogP contribution >= 0.6 is 0 Å². The standard InChI is InChI=1S/C8H15N2.C7H7.2C6H11N2.2CH4.Y/c1-6-7(2)10(5)8(3)9(6)4;1-7-5-3-2-4-6-7;1-6-4-7(2)5-8(6)3;1-6-7(2)4-5-8(6)3;;;/h1-5H3;3-6H,1H3;2*4-5H,1-3H3;2*1H4;/q+1;-1;2*+1;;;. The molecule has 3 aromatic heterocycles. The molecule has 0 bridgehead atoms. The number of nitrogens with zero attached hydrogens (tertiary/aromatic N) is 6. The van der Waals surface area contributed by atoms with Crippen LogP contribution in [-0.4, -0.2) is 13.7 Å². The number of hydrogen-bond acceptors (Lipinski definition) is 0. The van der Waals surface area contributed by atoms with Crippen molar-refractivity contribution in [1.29, 1.82) is 0 Å². The Bertz CT molecular complexity index is 1020. The van der Waals surface area contributed by atoms with Crippen LogP contribution in [0.5, 0.6) is 0 Å². The van der Waals surface area contributed by atoms with Crippen LogP contribution < -0.4 is 13.7 Å². The van der Waals surface area contributed by atoms with Gasteiger partial charge in [-0.3, -0.25) is 0 Å². The molecule has 0 unspecified atom stereocenters. The number of rotatable bonds is 0. The zero-order valence-corrected chi connectivity index (χ0v) is 26.2. The third-order valence-corrected chi connectivity index (χ3v) is 6.22. The van der Waals surface area contributed by atoms with Crippen molar-refractivity contribution in [2.45, 2.75) is 56.4 Å². The molecule has 0 atom stereocenters. The second-order valence-electron chi connectivity index (χ2n) is 8.64. The van der Waals surface area contributed by atoms with Crippen molar-refractivity contribution in [2.24, 2.45) is 42.3 Å². The average Bonchev–Trinajstić information content (AvgIpc) is 3.30. The molecule has 7 heteroatoms. The fourth-order valence-electron chi connectivity index (χ4n) is 3.11. The molecular weight excluding hydrogens is 521 g/mol. The minimum absolute atomic E-state index is 0. The van der Waals surface area contributed by atoms with Gasteiger partial charge in [0.05, 0.1) is 42.3 Å². The third kappa shape index (κ3) is 11.8. The molecule has 1 radical (unpaired) electrons. The molecular formula is C29H52N6Y+2. The molecule has 1 aromatic carbocycles. The summed E-state index contributed by atoms with van der Waals surface area (Å²) in [5.41, 5.74) is 5.27. The van der Waals surface area contributed by atoms with Crippen molar-refractivity contribution in [3.63, 3.8) is 0 Å². The molecule has 0 spiro atoms. The van der Waals surface area contributed by atoms with Crippen LogP contribution in [0.25, 0.3) is 0 Å². The van der Waals surface area contributed by atoms with Crippen LogP contribution in [0.1, 0.15) is 49.1 Å². The number of aromatic nitrogens is 6. The molecule has 0 saturated heterocycles. The monoisotopic (exact) mass is 573 g/mol. The Hall–Kier alpha value is -2.05. The Morgan fingerprint density at radius 1 is 0.778 bits per heavy atom. The van der Waals surface area contributed by atoms with Crippen LogP contribution in [0.15, 0.2) is 49.2 Å². The van der Waals surface area contributed by atoms with Gasteiger partial charge in [-0.15, -0.1) is 0 Å². The van der Waals surface area contributed by atoms with Crippen molar-refractivity contribution >= 4 is 0 Å². The molecule has 0 aliphatic heterocycles. The second kappa shape index (κ2) is 18.2. The van der Waals surface area contributed by atoms with Gasteiger partial charge in [-0.1, -0.05) is 21.8 Å². The van der Waals surface area contributed by atoms with Crippen LogP contribution in [0.4, 0.5) is 0 Å². The minimum atomic E-state index is 0. The molecule has 0 aliphatic rings. The van der Waals surface area contributed by atoms with E-state index in [0.29, 0.717) is 0 Å². The fourth-order valence-corrected chi connectivity index (χ4v) is 3.11. The molecule has 0 fully saturated rings. The van der Waals surface area contributed by atoms with E-state index in [1.54, 1.807) is 0 Å². The number of benzene rings is 1. The van der Waals surface area contributed by atoms with Gasteiger partial charge in [-0.25, -0.2) is 27.4 Å². The number of hydrogen-bond donors (Lipinski definition) is 0. The molecule has 0 N–H and O–H groups in total. The summed E-state index contributed by atoms with van der Waals surface area (Å²) in [4.78, 5) is 0. The Morgan fingerprint density at radius 3 is 1.44 bits per heavy atom. The van der Waals surface area contributed by atoms with Crippen molar-refractivity contribution in [1.82, 2.24) is 13.7 Å². The van der Waals surface area contributed by atoms with Crippen LogP contribution in [0.3, 0.4) is 0 Å². The Balaban J connectivity index is -0.000000395. The van der Waals surface area contributed by atoms with E-state index in [1.807, 2.05) is 75.7 Å². The van der Waals surface area contributed by atoms with Gasteiger partial charge in [0.1, 0.15) is 35.7 Å². The molecule has 6 nitrogen and oxygen atoms in total. The summed E-state index contributed by atoms with van der Waals surface area (Å²) in [6.45, 7) is 12.6. The molecule has 3 heterocycles. The summed E-state index contributed by atoms with van der Waals surface area (Å²) in [5.74, 6) is 2.57. The van der Waals surface area contributed by atoms with E-state index in [4.69, 9.17) is 0 Å². The van der Waals surface area contributed by atoms with E-state index >= 15 is 0 Å². The molecule has 4 aromatic rings. The van der Waals surface area contributed by atoms with Gasteiger partial charge in [0.15, 0.2) is 0 Å². The van der Waals surface area contributed by atoms with E-state index < -0.39 is 0 Å². The summed E-state index contributed by atoms with van der Waals surface area (Å²) in [5, 5.41) is 0. The van der Waals surface area contributed by atoms with Gasteiger partial charge < -0.3 is 0 Å². The van der Waals surface area contributed by atoms with Gasteiger partial charge in [0, 0.05) is 67.3 Å². The van der Waals surface area contributed by atoms with Crippen LogP contribution in [0.2, 0.25) is 0 Å². The zero-order valence-electron chi connectivity index (χ0n) is 23.4. The fraction of sp³-hybridized carbons (Fsp3) is 0.483. The van der Waals surface area contributed by atoms with Crippen molar-refractivity contribution < 1.29 is 46.4 Å². The minimum Gasteiger partial charge on any atom is -0.239 e.